The molecule has 0 saturated heterocycles. The molecule has 2 aromatic carbocycles. The summed E-state index contributed by atoms with van der Waals surface area (Å²) >= 11 is 0. The SMILES string of the molecule is COc1ccc2c(=O)c3c(OC)cccc3n(C)c2c1. The van der Waals surface area contributed by atoms with Crippen molar-refractivity contribution in [1.82, 2.24) is 4.57 Å². The highest BCUT2D eigenvalue weighted by atomic mass is 16.5. The van der Waals surface area contributed by atoms with Crippen LogP contribution in [-0.4, -0.2) is 18.8 Å². The van der Waals surface area contributed by atoms with Gasteiger partial charge in [0.05, 0.1) is 30.6 Å². The highest BCUT2D eigenvalue weighted by molar-refractivity contribution is 5.96. The predicted octanol–water partition coefficient (Wildman–Crippen LogP) is 2.71. The van der Waals surface area contributed by atoms with Crippen LogP contribution in [0.4, 0.5) is 0 Å². The molecule has 0 saturated carbocycles. The third kappa shape index (κ3) is 1.65. The van der Waals surface area contributed by atoms with E-state index in [1.165, 1.54) is 0 Å². The van der Waals surface area contributed by atoms with E-state index >= 15 is 0 Å². The van der Waals surface area contributed by atoms with Gasteiger partial charge in [-0.15, -0.1) is 0 Å². The maximum atomic E-state index is 12.7. The molecule has 4 heteroatoms. The Morgan fingerprint density at radius 1 is 1.00 bits per heavy atom. The topological polar surface area (TPSA) is 40.5 Å². The largest absolute Gasteiger partial charge is 0.497 e. The lowest BCUT2D eigenvalue weighted by molar-refractivity contribution is 0.415. The fourth-order valence-corrected chi connectivity index (χ4v) is 2.57. The zero-order valence-corrected chi connectivity index (χ0v) is 11.6. The van der Waals surface area contributed by atoms with Gasteiger partial charge in [-0.05, 0) is 24.3 Å². The molecule has 4 nitrogen and oxygen atoms in total. The molecular weight excluding hydrogens is 254 g/mol. The second kappa shape index (κ2) is 4.56. The van der Waals surface area contributed by atoms with Crippen LogP contribution in [0.25, 0.3) is 21.8 Å². The first-order chi connectivity index (χ1) is 9.67. The summed E-state index contributed by atoms with van der Waals surface area (Å²) in [6.45, 7) is 0. The monoisotopic (exact) mass is 269 g/mol. The summed E-state index contributed by atoms with van der Waals surface area (Å²) < 4.78 is 12.5. The Hall–Kier alpha value is -2.49. The van der Waals surface area contributed by atoms with Crippen LogP contribution < -0.4 is 14.9 Å². The van der Waals surface area contributed by atoms with E-state index < -0.39 is 0 Å². The lowest BCUT2D eigenvalue weighted by Gasteiger charge is -2.13. The minimum atomic E-state index is -0.0202. The van der Waals surface area contributed by atoms with Crippen molar-refractivity contribution in [2.75, 3.05) is 14.2 Å². The summed E-state index contributed by atoms with van der Waals surface area (Å²) in [7, 11) is 5.12. The Labute approximate surface area is 116 Å². The average molecular weight is 269 g/mol. The van der Waals surface area contributed by atoms with Gasteiger partial charge in [-0.2, -0.15) is 0 Å². The van der Waals surface area contributed by atoms with Crippen molar-refractivity contribution in [3.05, 3.63) is 46.6 Å². The van der Waals surface area contributed by atoms with Crippen molar-refractivity contribution in [3.8, 4) is 11.5 Å². The number of ether oxygens (including phenoxy) is 2. The molecule has 0 fully saturated rings. The van der Waals surface area contributed by atoms with Crippen LogP contribution in [0.3, 0.4) is 0 Å². The highest BCUT2D eigenvalue weighted by Gasteiger charge is 2.12. The fraction of sp³-hybridized carbons (Fsp3) is 0.188. The van der Waals surface area contributed by atoms with E-state index in [2.05, 4.69) is 0 Å². The van der Waals surface area contributed by atoms with Crippen molar-refractivity contribution in [3.63, 3.8) is 0 Å². The van der Waals surface area contributed by atoms with Crippen molar-refractivity contribution in [2.24, 2.45) is 7.05 Å². The van der Waals surface area contributed by atoms with Crippen LogP contribution >= 0.6 is 0 Å². The summed E-state index contributed by atoms with van der Waals surface area (Å²) in [5.41, 5.74) is 1.67. The molecule has 1 aromatic heterocycles. The molecule has 1 heterocycles. The molecule has 0 aliphatic heterocycles. The Morgan fingerprint density at radius 3 is 2.50 bits per heavy atom. The molecule has 3 aromatic rings. The molecule has 0 bridgehead atoms. The number of pyridine rings is 1. The van der Waals surface area contributed by atoms with E-state index in [1.807, 2.05) is 29.8 Å². The van der Waals surface area contributed by atoms with Gasteiger partial charge in [-0.3, -0.25) is 4.79 Å². The first-order valence-electron chi connectivity index (χ1n) is 6.31. The van der Waals surface area contributed by atoms with E-state index in [4.69, 9.17) is 9.47 Å². The number of aryl methyl sites for hydroxylation is 1. The lowest BCUT2D eigenvalue weighted by atomic mass is 10.1. The second-order valence-electron chi connectivity index (χ2n) is 4.63. The normalized spacial score (nSPS) is 10.9. The van der Waals surface area contributed by atoms with Crippen LogP contribution in [0.2, 0.25) is 0 Å². The van der Waals surface area contributed by atoms with E-state index in [-0.39, 0.29) is 5.43 Å². The quantitative estimate of drug-likeness (QED) is 0.672. The van der Waals surface area contributed by atoms with Crippen LogP contribution in [0.1, 0.15) is 0 Å². The number of nitrogens with zero attached hydrogens (tertiary/aromatic N) is 1. The fourth-order valence-electron chi connectivity index (χ4n) is 2.57. The van der Waals surface area contributed by atoms with Crippen molar-refractivity contribution in [1.29, 1.82) is 0 Å². The summed E-state index contributed by atoms with van der Waals surface area (Å²) in [6, 6.07) is 11.1. The molecule has 20 heavy (non-hydrogen) atoms. The van der Waals surface area contributed by atoms with Gasteiger partial charge >= 0.3 is 0 Å². The molecule has 3 rings (SSSR count). The summed E-state index contributed by atoms with van der Waals surface area (Å²) in [6.07, 6.45) is 0. The number of hydrogen-bond acceptors (Lipinski definition) is 3. The van der Waals surface area contributed by atoms with Crippen LogP contribution in [0.5, 0.6) is 11.5 Å². The van der Waals surface area contributed by atoms with Crippen molar-refractivity contribution in [2.45, 2.75) is 0 Å². The first-order valence-corrected chi connectivity index (χ1v) is 6.31. The molecule has 0 spiro atoms. The number of fused-ring (bicyclic) bond motifs is 2. The van der Waals surface area contributed by atoms with Gasteiger partial charge in [0, 0.05) is 18.5 Å². The summed E-state index contributed by atoms with van der Waals surface area (Å²) in [5, 5.41) is 1.26. The Bertz CT molecular complexity index is 861. The van der Waals surface area contributed by atoms with Gasteiger partial charge in [0.25, 0.3) is 0 Å². The standard InChI is InChI=1S/C16H15NO3/c1-17-12-5-4-6-14(20-3)15(12)16(18)11-8-7-10(19-2)9-13(11)17/h4-9H,1-3H3. The summed E-state index contributed by atoms with van der Waals surface area (Å²) in [5.74, 6) is 1.33. The number of benzene rings is 2. The third-order valence-corrected chi connectivity index (χ3v) is 3.62. The van der Waals surface area contributed by atoms with E-state index in [1.54, 1.807) is 32.4 Å². The molecule has 0 amide bonds. The molecule has 0 atom stereocenters. The smallest absolute Gasteiger partial charge is 0.200 e. The Balaban J connectivity index is 2.57. The lowest BCUT2D eigenvalue weighted by Crippen LogP contribution is -2.10. The average Bonchev–Trinajstić information content (AvgIpc) is 2.51. The van der Waals surface area contributed by atoms with E-state index in [9.17, 15) is 4.79 Å². The maximum Gasteiger partial charge on any atom is 0.200 e. The molecule has 0 N–H and O–H groups in total. The van der Waals surface area contributed by atoms with Gasteiger partial charge in [0.2, 0.25) is 5.43 Å². The van der Waals surface area contributed by atoms with Crippen molar-refractivity contribution >= 4 is 21.8 Å². The van der Waals surface area contributed by atoms with Gasteiger partial charge in [0.15, 0.2) is 0 Å². The molecule has 0 unspecified atom stereocenters. The van der Waals surface area contributed by atoms with Gasteiger partial charge in [-0.25, -0.2) is 0 Å². The van der Waals surface area contributed by atoms with E-state index in [0.717, 1.165) is 16.8 Å². The van der Waals surface area contributed by atoms with Crippen LogP contribution in [-0.2, 0) is 7.05 Å². The second-order valence-corrected chi connectivity index (χ2v) is 4.63. The first kappa shape index (κ1) is 12.5. The maximum absolute atomic E-state index is 12.7. The van der Waals surface area contributed by atoms with Crippen LogP contribution in [0.15, 0.2) is 41.2 Å². The minimum Gasteiger partial charge on any atom is -0.497 e. The Kier molecular flexibility index (Phi) is 2.86. The highest BCUT2D eigenvalue weighted by Crippen LogP contribution is 2.27. The zero-order chi connectivity index (χ0) is 14.3. The molecule has 0 aliphatic rings. The van der Waals surface area contributed by atoms with Gasteiger partial charge in [0.1, 0.15) is 11.5 Å². The summed E-state index contributed by atoms with van der Waals surface area (Å²) in [4.78, 5) is 12.7. The van der Waals surface area contributed by atoms with Crippen LogP contribution in [0, 0.1) is 0 Å². The predicted molar refractivity (Wildman–Crippen MR) is 79.8 cm³/mol. The van der Waals surface area contributed by atoms with Gasteiger partial charge < -0.3 is 14.0 Å². The number of hydrogen-bond donors (Lipinski definition) is 0. The minimum absolute atomic E-state index is 0.0202. The molecular formula is C16H15NO3. The van der Waals surface area contributed by atoms with Gasteiger partial charge in [-0.1, -0.05) is 6.07 Å². The third-order valence-electron chi connectivity index (χ3n) is 3.62. The zero-order valence-electron chi connectivity index (χ0n) is 11.6. The Morgan fingerprint density at radius 2 is 1.80 bits per heavy atom. The number of aromatic nitrogens is 1. The number of rotatable bonds is 2. The van der Waals surface area contributed by atoms with E-state index in [0.29, 0.717) is 16.5 Å². The molecule has 0 aliphatic carbocycles. The number of methoxy groups -OCH3 is 2. The molecule has 0 radical (unpaired) electrons. The van der Waals surface area contributed by atoms with Crippen molar-refractivity contribution < 1.29 is 9.47 Å². The molecule has 102 valence electrons.